The van der Waals surface area contributed by atoms with Gasteiger partial charge in [0.15, 0.2) is 0 Å². The van der Waals surface area contributed by atoms with Gasteiger partial charge in [0.2, 0.25) is 0 Å². The smallest absolute Gasteiger partial charge is 0.110 e. The van der Waals surface area contributed by atoms with E-state index < -0.39 is 0 Å². The second-order valence-corrected chi connectivity index (χ2v) is 5.04. The number of nitrogens with zero attached hydrogens (tertiary/aromatic N) is 2. The van der Waals surface area contributed by atoms with Crippen LogP contribution in [0.3, 0.4) is 0 Å². The largest absolute Gasteiger partial charge is 0.335 e. The highest BCUT2D eigenvalue weighted by Gasteiger charge is 2.25. The zero-order valence-corrected chi connectivity index (χ0v) is 11.4. The summed E-state index contributed by atoms with van der Waals surface area (Å²) in [6.07, 6.45) is 4.59. The van der Waals surface area contributed by atoms with Gasteiger partial charge >= 0.3 is 0 Å². The molecular formula is C15H21N3. The minimum atomic E-state index is -0.385. The molecule has 1 aromatic carbocycles. The van der Waals surface area contributed by atoms with Crippen LogP contribution in [0.1, 0.15) is 30.8 Å². The van der Waals surface area contributed by atoms with Gasteiger partial charge in [-0.2, -0.15) is 0 Å². The molecule has 0 fully saturated rings. The highest BCUT2D eigenvalue weighted by Crippen LogP contribution is 2.24. The highest BCUT2D eigenvalue weighted by atomic mass is 15.1. The van der Waals surface area contributed by atoms with Crippen molar-refractivity contribution in [2.45, 2.75) is 39.3 Å². The van der Waals surface area contributed by atoms with Crippen molar-refractivity contribution in [3.63, 3.8) is 0 Å². The molecular weight excluding hydrogens is 222 g/mol. The molecule has 0 aliphatic rings. The SMILES string of the molecule is CCn1ccnc1CC(C)(N)c1ccccc1C. The lowest BCUT2D eigenvalue weighted by Gasteiger charge is -2.27. The summed E-state index contributed by atoms with van der Waals surface area (Å²) in [6.45, 7) is 7.22. The highest BCUT2D eigenvalue weighted by molar-refractivity contribution is 5.32. The van der Waals surface area contributed by atoms with Crippen LogP contribution in [0.25, 0.3) is 0 Å². The van der Waals surface area contributed by atoms with Crippen molar-refractivity contribution in [2.24, 2.45) is 5.73 Å². The van der Waals surface area contributed by atoms with Crippen LogP contribution in [-0.2, 0) is 18.5 Å². The minimum Gasteiger partial charge on any atom is -0.335 e. The molecule has 0 aliphatic heterocycles. The standard InChI is InChI=1S/C15H21N3/c1-4-18-10-9-17-14(18)11-15(3,16)13-8-6-5-7-12(13)2/h5-10H,4,11,16H2,1-3H3. The summed E-state index contributed by atoms with van der Waals surface area (Å²) in [5.74, 6) is 1.05. The monoisotopic (exact) mass is 243 g/mol. The molecule has 2 aromatic rings. The fourth-order valence-corrected chi connectivity index (χ4v) is 2.43. The van der Waals surface area contributed by atoms with E-state index in [2.05, 4.69) is 42.5 Å². The summed E-state index contributed by atoms with van der Waals surface area (Å²) >= 11 is 0. The van der Waals surface area contributed by atoms with Crippen molar-refractivity contribution < 1.29 is 0 Å². The molecule has 18 heavy (non-hydrogen) atoms. The molecule has 0 spiro atoms. The molecule has 2 N–H and O–H groups in total. The Morgan fingerprint density at radius 1 is 1.33 bits per heavy atom. The van der Waals surface area contributed by atoms with E-state index in [1.807, 2.05) is 24.5 Å². The van der Waals surface area contributed by atoms with Gasteiger partial charge in [-0.3, -0.25) is 0 Å². The molecule has 1 aromatic heterocycles. The van der Waals surface area contributed by atoms with Crippen LogP contribution in [0.2, 0.25) is 0 Å². The summed E-state index contributed by atoms with van der Waals surface area (Å²) in [7, 11) is 0. The Morgan fingerprint density at radius 2 is 2.06 bits per heavy atom. The van der Waals surface area contributed by atoms with Crippen LogP contribution >= 0.6 is 0 Å². The number of hydrogen-bond acceptors (Lipinski definition) is 2. The average Bonchev–Trinajstić information content (AvgIpc) is 2.76. The summed E-state index contributed by atoms with van der Waals surface area (Å²) in [5.41, 5.74) is 8.54. The number of benzene rings is 1. The molecule has 1 unspecified atom stereocenters. The molecule has 1 atom stereocenters. The number of imidazole rings is 1. The molecule has 2 rings (SSSR count). The van der Waals surface area contributed by atoms with E-state index in [0.717, 1.165) is 18.8 Å². The van der Waals surface area contributed by atoms with E-state index >= 15 is 0 Å². The van der Waals surface area contributed by atoms with Crippen molar-refractivity contribution >= 4 is 0 Å². The fraction of sp³-hybridized carbons (Fsp3) is 0.400. The zero-order valence-electron chi connectivity index (χ0n) is 11.4. The first-order chi connectivity index (χ1) is 8.54. The maximum absolute atomic E-state index is 6.50. The lowest BCUT2D eigenvalue weighted by molar-refractivity contribution is 0.463. The van der Waals surface area contributed by atoms with Crippen LogP contribution in [0, 0.1) is 6.92 Å². The molecule has 0 saturated carbocycles. The lowest BCUT2D eigenvalue weighted by atomic mass is 9.86. The summed E-state index contributed by atoms with van der Waals surface area (Å²) < 4.78 is 2.14. The quantitative estimate of drug-likeness (QED) is 0.897. The van der Waals surface area contributed by atoms with E-state index in [1.165, 1.54) is 11.1 Å². The Bertz CT molecular complexity index is 526. The third-order valence-corrected chi connectivity index (χ3v) is 3.43. The van der Waals surface area contributed by atoms with Gasteiger partial charge in [0.1, 0.15) is 5.82 Å². The number of nitrogens with two attached hydrogens (primary N) is 1. The number of hydrogen-bond donors (Lipinski definition) is 1. The Kier molecular flexibility index (Phi) is 3.53. The van der Waals surface area contributed by atoms with Gasteiger partial charge in [-0.15, -0.1) is 0 Å². The second kappa shape index (κ2) is 4.94. The number of aryl methyl sites for hydroxylation is 2. The third-order valence-electron chi connectivity index (χ3n) is 3.43. The van der Waals surface area contributed by atoms with Crippen molar-refractivity contribution in [2.75, 3.05) is 0 Å². The first-order valence-corrected chi connectivity index (χ1v) is 6.39. The molecule has 0 amide bonds. The van der Waals surface area contributed by atoms with Crippen LogP contribution in [0.4, 0.5) is 0 Å². The summed E-state index contributed by atoms with van der Waals surface area (Å²) in [4.78, 5) is 4.41. The fourth-order valence-electron chi connectivity index (χ4n) is 2.43. The van der Waals surface area contributed by atoms with Gasteiger partial charge in [-0.05, 0) is 31.9 Å². The normalized spacial score (nSPS) is 14.4. The van der Waals surface area contributed by atoms with Crippen molar-refractivity contribution in [3.05, 3.63) is 53.6 Å². The molecule has 0 bridgehead atoms. The van der Waals surface area contributed by atoms with Gasteiger partial charge in [-0.1, -0.05) is 24.3 Å². The van der Waals surface area contributed by atoms with Gasteiger partial charge in [0.05, 0.1) is 0 Å². The van der Waals surface area contributed by atoms with E-state index in [1.54, 1.807) is 0 Å². The molecule has 1 heterocycles. The van der Waals surface area contributed by atoms with Gasteiger partial charge in [0.25, 0.3) is 0 Å². The second-order valence-electron chi connectivity index (χ2n) is 5.04. The van der Waals surface area contributed by atoms with E-state index in [0.29, 0.717) is 0 Å². The molecule has 3 heteroatoms. The molecule has 0 saturated heterocycles. The molecule has 3 nitrogen and oxygen atoms in total. The summed E-state index contributed by atoms with van der Waals surface area (Å²) in [5, 5.41) is 0. The Hall–Kier alpha value is -1.61. The Morgan fingerprint density at radius 3 is 2.72 bits per heavy atom. The van der Waals surface area contributed by atoms with Gasteiger partial charge < -0.3 is 10.3 Å². The van der Waals surface area contributed by atoms with Crippen LogP contribution in [0.5, 0.6) is 0 Å². The molecule has 0 radical (unpaired) electrons. The topological polar surface area (TPSA) is 43.8 Å². The minimum absolute atomic E-state index is 0.385. The van der Waals surface area contributed by atoms with E-state index in [-0.39, 0.29) is 5.54 Å². The van der Waals surface area contributed by atoms with Crippen LogP contribution < -0.4 is 5.73 Å². The Labute approximate surface area is 109 Å². The van der Waals surface area contributed by atoms with Crippen molar-refractivity contribution in [3.8, 4) is 0 Å². The number of rotatable bonds is 4. The predicted molar refractivity (Wildman–Crippen MR) is 74.3 cm³/mol. The van der Waals surface area contributed by atoms with Crippen LogP contribution in [0.15, 0.2) is 36.7 Å². The molecule has 96 valence electrons. The maximum Gasteiger partial charge on any atom is 0.110 e. The van der Waals surface area contributed by atoms with Gasteiger partial charge in [0, 0.05) is 30.9 Å². The van der Waals surface area contributed by atoms with E-state index in [4.69, 9.17) is 5.73 Å². The number of aromatic nitrogens is 2. The summed E-state index contributed by atoms with van der Waals surface area (Å²) in [6, 6.07) is 8.29. The van der Waals surface area contributed by atoms with Crippen molar-refractivity contribution in [1.82, 2.24) is 9.55 Å². The van der Waals surface area contributed by atoms with E-state index in [9.17, 15) is 0 Å². The average molecular weight is 243 g/mol. The van der Waals surface area contributed by atoms with Gasteiger partial charge in [-0.25, -0.2) is 4.98 Å². The lowest BCUT2D eigenvalue weighted by Crippen LogP contribution is -2.37. The van der Waals surface area contributed by atoms with Crippen molar-refractivity contribution in [1.29, 1.82) is 0 Å². The maximum atomic E-state index is 6.50. The first-order valence-electron chi connectivity index (χ1n) is 6.39. The molecule has 0 aliphatic carbocycles. The Balaban J connectivity index is 2.30. The zero-order chi connectivity index (χ0) is 13.2. The predicted octanol–water partition coefficient (Wildman–Crippen LogP) is 2.63. The first kappa shape index (κ1) is 12.8. The third kappa shape index (κ3) is 2.46. The van der Waals surface area contributed by atoms with Crippen LogP contribution in [-0.4, -0.2) is 9.55 Å².